The van der Waals surface area contributed by atoms with Gasteiger partial charge in [-0.3, -0.25) is 0 Å². The van der Waals surface area contributed by atoms with Crippen LogP contribution in [0.3, 0.4) is 0 Å². The molecule has 5 atom stereocenters. The van der Waals surface area contributed by atoms with E-state index in [0.29, 0.717) is 13.2 Å². The molecule has 1 heterocycles. The molecule has 2 N–H and O–H groups in total. The predicted octanol–water partition coefficient (Wildman–Crippen LogP) is 3.45. The molecule has 0 bridgehead atoms. The second kappa shape index (κ2) is 14.4. The molecule has 0 saturated carbocycles. The molecule has 1 saturated heterocycles. The van der Waals surface area contributed by atoms with Crippen molar-refractivity contribution in [2.75, 3.05) is 6.61 Å². The molecule has 0 aromatic heterocycles. The van der Waals surface area contributed by atoms with E-state index in [0.717, 1.165) is 16.7 Å². The molecule has 0 aliphatic carbocycles. The summed E-state index contributed by atoms with van der Waals surface area (Å²) in [6, 6.07) is 29.3. The van der Waals surface area contributed by atoms with E-state index in [2.05, 4.69) is 0 Å². The van der Waals surface area contributed by atoms with Gasteiger partial charge in [-0.25, -0.2) is 0 Å². The van der Waals surface area contributed by atoms with E-state index in [9.17, 15) is 10.2 Å². The molecule has 1 aliphatic heterocycles. The molecule has 3 aromatic carbocycles. The second-order valence-corrected chi connectivity index (χ2v) is 8.03. The first-order chi connectivity index (χ1) is 16.2. The fourth-order valence-corrected chi connectivity index (χ4v) is 3.91. The van der Waals surface area contributed by atoms with E-state index < -0.39 is 30.7 Å². The molecule has 34 heavy (non-hydrogen) atoms. The first-order valence-electron chi connectivity index (χ1n) is 11.2. The van der Waals surface area contributed by atoms with E-state index in [1.165, 1.54) is 0 Å². The summed E-state index contributed by atoms with van der Waals surface area (Å²) in [5, 5.41) is 20.7. The molecule has 6 nitrogen and oxygen atoms in total. The third-order valence-electron chi connectivity index (χ3n) is 5.65. The Balaban J connectivity index is 0.00000324. The van der Waals surface area contributed by atoms with Gasteiger partial charge in [0.1, 0.15) is 24.4 Å². The minimum Gasteiger partial charge on any atom is -0.394 e. The molecule has 0 spiro atoms. The van der Waals surface area contributed by atoms with E-state index in [1.807, 2.05) is 91.0 Å². The van der Waals surface area contributed by atoms with Gasteiger partial charge in [-0.1, -0.05) is 91.0 Å². The van der Waals surface area contributed by atoms with Crippen LogP contribution < -0.4 is 0 Å². The van der Waals surface area contributed by atoms with E-state index >= 15 is 0 Å². The zero-order chi connectivity index (χ0) is 22.9. The Kier molecular flexibility index (Phi) is 11.6. The molecular formula is C27H30AcO6. The third-order valence-corrected chi connectivity index (χ3v) is 5.65. The van der Waals surface area contributed by atoms with Crippen LogP contribution in [-0.2, 0) is 38.8 Å². The molecule has 7 heteroatoms. The maximum atomic E-state index is 10.7. The molecule has 1 aliphatic rings. The molecule has 3 aromatic rings. The Labute approximate surface area is 236 Å². The number of hydrogen-bond acceptors (Lipinski definition) is 6. The van der Waals surface area contributed by atoms with Gasteiger partial charge in [0.05, 0.1) is 26.4 Å². The Morgan fingerprint density at radius 1 is 0.588 bits per heavy atom. The zero-order valence-corrected chi connectivity index (χ0v) is 23.7. The number of hydrogen-bond donors (Lipinski definition) is 2. The zero-order valence-electron chi connectivity index (χ0n) is 19.0. The van der Waals surface area contributed by atoms with Crippen LogP contribution in [-0.4, -0.2) is 47.5 Å². The molecule has 1 fully saturated rings. The molecule has 4 rings (SSSR count). The van der Waals surface area contributed by atoms with Gasteiger partial charge >= 0.3 is 0 Å². The summed E-state index contributed by atoms with van der Waals surface area (Å²) in [6.45, 7) is 0.601. The van der Waals surface area contributed by atoms with Crippen molar-refractivity contribution in [1.29, 1.82) is 0 Å². The van der Waals surface area contributed by atoms with Crippen LogP contribution >= 0.6 is 0 Å². The smallest absolute Gasteiger partial charge is 0.184 e. The average Bonchev–Trinajstić information content (AvgIpc) is 2.87. The first-order valence-corrected chi connectivity index (χ1v) is 11.2. The van der Waals surface area contributed by atoms with Gasteiger partial charge in [0.15, 0.2) is 6.29 Å². The molecular weight excluding hydrogens is 647 g/mol. The van der Waals surface area contributed by atoms with E-state index in [4.69, 9.17) is 18.9 Å². The predicted molar refractivity (Wildman–Crippen MR) is 123 cm³/mol. The van der Waals surface area contributed by atoms with Gasteiger partial charge in [0.2, 0.25) is 0 Å². The number of benzene rings is 3. The number of aliphatic hydroxyl groups is 2. The average molecular weight is 678 g/mol. The summed E-state index contributed by atoms with van der Waals surface area (Å²) in [5.41, 5.74) is 2.95. The van der Waals surface area contributed by atoms with Crippen molar-refractivity contribution in [2.45, 2.75) is 50.5 Å². The van der Waals surface area contributed by atoms with Crippen molar-refractivity contribution < 1.29 is 73.2 Å². The summed E-state index contributed by atoms with van der Waals surface area (Å²) in [7, 11) is 0. The van der Waals surface area contributed by atoms with Gasteiger partial charge in [-0.2, -0.15) is 0 Å². The van der Waals surface area contributed by atoms with Crippen molar-refractivity contribution in [3.63, 3.8) is 0 Å². The minimum atomic E-state index is -1.26. The molecule has 0 amide bonds. The fraction of sp³-hybridized carbons (Fsp3) is 0.333. The number of aliphatic hydroxyl groups excluding tert-OH is 2. The Bertz CT molecular complexity index is 943. The summed E-state index contributed by atoms with van der Waals surface area (Å²) in [5.74, 6) is 0. The molecule has 4 unspecified atom stereocenters. The first kappa shape index (κ1) is 27.4. The normalized spacial score (nSPS) is 24.4. The second-order valence-electron chi connectivity index (χ2n) is 8.03. The summed E-state index contributed by atoms with van der Waals surface area (Å²) in [6.07, 6.45) is -4.09. The number of rotatable bonds is 10. The quantitative estimate of drug-likeness (QED) is 0.343. The summed E-state index contributed by atoms with van der Waals surface area (Å²) in [4.78, 5) is 0. The van der Waals surface area contributed by atoms with Crippen molar-refractivity contribution in [1.82, 2.24) is 0 Å². The Hall–Kier alpha value is -1.14. The SMILES string of the molecule is OCC1OC(O)C(OCc2ccccc2)C(OCc2ccccc2)[C@@H]1OCc1ccccc1.[Ac]. The Morgan fingerprint density at radius 2 is 0.971 bits per heavy atom. The van der Waals surface area contributed by atoms with Crippen LogP contribution in [0, 0.1) is 44.1 Å². The topological polar surface area (TPSA) is 77.4 Å². The third kappa shape index (κ3) is 7.68. The van der Waals surface area contributed by atoms with Gasteiger partial charge in [0.25, 0.3) is 0 Å². The number of ether oxygens (including phenoxy) is 4. The summed E-state index contributed by atoms with van der Waals surface area (Å²) >= 11 is 0. The monoisotopic (exact) mass is 677 g/mol. The molecule has 1 radical (unpaired) electrons. The maximum absolute atomic E-state index is 10.7. The van der Waals surface area contributed by atoms with Gasteiger partial charge < -0.3 is 29.2 Å². The fourth-order valence-electron chi connectivity index (χ4n) is 3.91. The van der Waals surface area contributed by atoms with Crippen LogP contribution in [0.2, 0.25) is 0 Å². The Morgan fingerprint density at radius 3 is 1.38 bits per heavy atom. The van der Waals surface area contributed by atoms with Crippen LogP contribution in [0.5, 0.6) is 0 Å². The largest absolute Gasteiger partial charge is 0.394 e. The van der Waals surface area contributed by atoms with E-state index in [1.54, 1.807) is 0 Å². The van der Waals surface area contributed by atoms with Gasteiger partial charge in [0, 0.05) is 44.1 Å². The van der Waals surface area contributed by atoms with Crippen molar-refractivity contribution in [3.8, 4) is 0 Å². The standard InChI is InChI=1S/C27H30O6.Ac/c28-16-23-24(30-17-20-10-4-1-5-11-20)25(31-18-21-12-6-2-7-13-21)26(27(29)33-23)32-19-22-14-8-3-9-15-22;/h1-15,23-29H,16-19H2;/t23?,24-,25?,26?,27?;/m1./s1. The van der Waals surface area contributed by atoms with Gasteiger partial charge in [-0.15, -0.1) is 0 Å². The van der Waals surface area contributed by atoms with Crippen LogP contribution in [0.15, 0.2) is 91.0 Å². The van der Waals surface area contributed by atoms with Crippen molar-refractivity contribution >= 4 is 0 Å². The van der Waals surface area contributed by atoms with Crippen LogP contribution in [0.4, 0.5) is 0 Å². The van der Waals surface area contributed by atoms with Gasteiger partial charge in [-0.05, 0) is 16.7 Å². The van der Waals surface area contributed by atoms with Crippen molar-refractivity contribution in [3.05, 3.63) is 108 Å². The van der Waals surface area contributed by atoms with Crippen molar-refractivity contribution in [2.24, 2.45) is 0 Å². The van der Waals surface area contributed by atoms with Crippen LogP contribution in [0.25, 0.3) is 0 Å². The molecule has 177 valence electrons. The maximum Gasteiger partial charge on any atom is 0.184 e. The minimum absolute atomic E-state index is 0. The van der Waals surface area contributed by atoms with Crippen LogP contribution in [0.1, 0.15) is 16.7 Å². The van der Waals surface area contributed by atoms with E-state index in [-0.39, 0.29) is 57.3 Å². The summed E-state index contributed by atoms with van der Waals surface area (Å²) < 4.78 is 24.3.